The average molecular weight is 265 g/mol. The van der Waals surface area contributed by atoms with Crippen molar-refractivity contribution < 1.29 is 14.7 Å². The molecule has 1 amide bonds. The van der Waals surface area contributed by atoms with Gasteiger partial charge in [-0.3, -0.25) is 4.79 Å². The van der Waals surface area contributed by atoms with E-state index in [0.717, 1.165) is 0 Å². The zero-order valence-corrected chi connectivity index (χ0v) is 11.4. The minimum absolute atomic E-state index is 0.00579. The molecule has 1 aromatic rings. The normalized spacial score (nSPS) is 10.5. The van der Waals surface area contributed by atoms with Gasteiger partial charge < -0.3 is 15.7 Å². The quantitative estimate of drug-likeness (QED) is 0.801. The van der Waals surface area contributed by atoms with Gasteiger partial charge >= 0.3 is 5.97 Å². The topological polar surface area (TPSA) is 96.5 Å². The molecule has 6 heteroatoms. The Morgan fingerprint density at radius 3 is 2.47 bits per heavy atom. The first-order valence-electron chi connectivity index (χ1n) is 6.14. The van der Waals surface area contributed by atoms with E-state index in [1.165, 1.54) is 12.1 Å². The van der Waals surface area contributed by atoms with Gasteiger partial charge in [-0.1, -0.05) is 6.92 Å². The molecule has 1 aromatic heterocycles. The van der Waals surface area contributed by atoms with Crippen LogP contribution in [0.3, 0.4) is 0 Å². The third kappa shape index (κ3) is 3.94. The minimum atomic E-state index is -1.01. The number of carboxylic acids is 1. The molecule has 0 aliphatic rings. The number of aromatic nitrogens is 1. The van der Waals surface area contributed by atoms with Gasteiger partial charge in [0, 0.05) is 11.7 Å². The highest BCUT2D eigenvalue weighted by Gasteiger charge is 2.17. The highest BCUT2D eigenvalue weighted by Crippen LogP contribution is 2.18. The maximum atomic E-state index is 11.1. The lowest BCUT2D eigenvalue weighted by Crippen LogP contribution is -2.39. The van der Waals surface area contributed by atoms with Gasteiger partial charge in [-0.2, -0.15) is 0 Å². The number of pyridine rings is 1. The number of amides is 1. The Kier molecular flexibility index (Phi) is 4.86. The van der Waals surface area contributed by atoms with Crippen molar-refractivity contribution in [3.05, 3.63) is 23.4 Å². The number of nitrogens with zero attached hydrogens (tertiary/aromatic N) is 2. The van der Waals surface area contributed by atoms with Gasteiger partial charge in [0.25, 0.3) is 0 Å². The van der Waals surface area contributed by atoms with E-state index in [1.807, 2.05) is 20.8 Å². The van der Waals surface area contributed by atoms with Crippen molar-refractivity contribution in [3.63, 3.8) is 0 Å². The molecule has 6 nitrogen and oxygen atoms in total. The van der Waals surface area contributed by atoms with Gasteiger partial charge in [0.05, 0.1) is 12.1 Å². The molecule has 0 unspecified atom stereocenters. The van der Waals surface area contributed by atoms with Gasteiger partial charge in [0.2, 0.25) is 5.91 Å². The Labute approximate surface area is 112 Å². The van der Waals surface area contributed by atoms with E-state index in [2.05, 4.69) is 4.98 Å². The molecule has 0 radical (unpaired) electrons. The number of hydrogen-bond acceptors (Lipinski definition) is 4. The van der Waals surface area contributed by atoms with Gasteiger partial charge in [0.1, 0.15) is 5.82 Å². The Morgan fingerprint density at radius 2 is 2.05 bits per heavy atom. The molecule has 0 aliphatic carbocycles. The second-order valence-electron chi connectivity index (χ2n) is 4.55. The number of carbonyl (C=O) groups is 2. The first kappa shape index (κ1) is 14.9. The van der Waals surface area contributed by atoms with Crippen LogP contribution < -0.4 is 10.6 Å². The number of nitrogens with two attached hydrogens (primary N) is 1. The standard InChI is InChI=1S/C13H19N3O3/c1-4-10-5-9(13(18)19)6-12(15-10)16(8(2)3)7-11(14)17/h5-6,8H,4,7H2,1-3H3,(H2,14,17)(H,18,19). The first-order valence-corrected chi connectivity index (χ1v) is 6.14. The summed E-state index contributed by atoms with van der Waals surface area (Å²) in [6.07, 6.45) is 0.622. The predicted octanol–water partition coefficient (Wildman–Crippen LogP) is 1.04. The summed E-state index contributed by atoms with van der Waals surface area (Å²) in [6.45, 7) is 5.69. The Morgan fingerprint density at radius 1 is 1.42 bits per heavy atom. The monoisotopic (exact) mass is 265 g/mol. The van der Waals surface area contributed by atoms with Crippen LogP contribution in [0.4, 0.5) is 5.82 Å². The third-order valence-electron chi connectivity index (χ3n) is 2.72. The molecule has 0 bridgehead atoms. The summed E-state index contributed by atoms with van der Waals surface area (Å²) >= 11 is 0. The summed E-state index contributed by atoms with van der Waals surface area (Å²) in [5, 5.41) is 9.09. The Balaban J connectivity index is 3.24. The van der Waals surface area contributed by atoms with Crippen molar-refractivity contribution >= 4 is 17.7 Å². The van der Waals surface area contributed by atoms with E-state index >= 15 is 0 Å². The second-order valence-corrected chi connectivity index (χ2v) is 4.55. The van der Waals surface area contributed by atoms with Crippen molar-refractivity contribution in [2.75, 3.05) is 11.4 Å². The number of rotatable bonds is 6. The summed E-state index contributed by atoms with van der Waals surface area (Å²) in [5.74, 6) is -1.03. The minimum Gasteiger partial charge on any atom is -0.478 e. The summed E-state index contributed by atoms with van der Waals surface area (Å²) in [5.41, 5.74) is 6.05. The van der Waals surface area contributed by atoms with Crippen LogP contribution in [0.15, 0.2) is 12.1 Å². The maximum Gasteiger partial charge on any atom is 0.335 e. The molecular formula is C13H19N3O3. The predicted molar refractivity (Wildman–Crippen MR) is 72.3 cm³/mol. The molecule has 0 spiro atoms. The van der Waals surface area contributed by atoms with E-state index in [1.54, 1.807) is 4.90 Å². The maximum absolute atomic E-state index is 11.1. The number of hydrogen-bond donors (Lipinski definition) is 2. The lowest BCUT2D eigenvalue weighted by atomic mass is 10.1. The molecule has 0 saturated carbocycles. The molecule has 104 valence electrons. The van der Waals surface area contributed by atoms with Crippen LogP contribution in [0.2, 0.25) is 0 Å². The third-order valence-corrected chi connectivity index (χ3v) is 2.72. The van der Waals surface area contributed by atoms with Crippen molar-refractivity contribution in [2.24, 2.45) is 5.73 Å². The number of carboxylic acid groups (broad SMARTS) is 1. The average Bonchev–Trinajstić information content (AvgIpc) is 2.34. The molecule has 1 rings (SSSR count). The highest BCUT2D eigenvalue weighted by molar-refractivity contribution is 5.89. The fraction of sp³-hybridized carbons (Fsp3) is 0.462. The number of aryl methyl sites for hydroxylation is 1. The van der Waals surface area contributed by atoms with Crippen molar-refractivity contribution in [1.29, 1.82) is 0 Å². The van der Waals surface area contributed by atoms with E-state index < -0.39 is 11.9 Å². The molecule has 0 aliphatic heterocycles. The van der Waals surface area contributed by atoms with Crippen LogP contribution in [0.25, 0.3) is 0 Å². The molecular weight excluding hydrogens is 246 g/mol. The van der Waals surface area contributed by atoms with Crippen molar-refractivity contribution in [3.8, 4) is 0 Å². The Bertz CT molecular complexity index is 486. The van der Waals surface area contributed by atoms with E-state index in [-0.39, 0.29) is 18.2 Å². The molecule has 1 heterocycles. The van der Waals surface area contributed by atoms with Crippen LogP contribution in [0.5, 0.6) is 0 Å². The number of anilines is 1. The van der Waals surface area contributed by atoms with Crippen molar-refractivity contribution in [2.45, 2.75) is 33.2 Å². The van der Waals surface area contributed by atoms with Gasteiger partial charge in [-0.25, -0.2) is 9.78 Å². The van der Waals surface area contributed by atoms with Crippen LogP contribution in [0.1, 0.15) is 36.8 Å². The summed E-state index contributed by atoms with van der Waals surface area (Å²) in [6, 6.07) is 2.99. The van der Waals surface area contributed by atoms with Gasteiger partial charge in [0.15, 0.2) is 0 Å². The zero-order chi connectivity index (χ0) is 14.6. The largest absolute Gasteiger partial charge is 0.478 e. The number of primary amides is 1. The van der Waals surface area contributed by atoms with Gasteiger partial charge in [-0.05, 0) is 32.4 Å². The lowest BCUT2D eigenvalue weighted by Gasteiger charge is -2.27. The lowest BCUT2D eigenvalue weighted by molar-refractivity contribution is -0.116. The molecule has 0 saturated heterocycles. The highest BCUT2D eigenvalue weighted by atomic mass is 16.4. The van der Waals surface area contributed by atoms with Crippen LogP contribution in [0, 0.1) is 0 Å². The molecule has 0 atom stereocenters. The number of carbonyl (C=O) groups excluding carboxylic acids is 1. The van der Waals surface area contributed by atoms with E-state index in [9.17, 15) is 9.59 Å². The molecule has 3 N–H and O–H groups in total. The fourth-order valence-electron chi connectivity index (χ4n) is 1.72. The molecule has 19 heavy (non-hydrogen) atoms. The van der Waals surface area contributed by atoms with Crippen LogP contribution >= 0.6 is 0 Å². The number of aromatic carboxylic acids is 1. The van der Waals surface area contributed by atoms with Gasteiger partial charge in [-0.15, -0.1) is 0 Å². The van der Waals surface area contributed by atoms with Crippen molar-refractivity contribution in [1.82, 2.24) is 4.98 Å². The van der Waals surface area contributed by atoms with Crippen LogP contribution in [-0.4, -0.2) is 34.6 Å². The van der Waals surface area contributed by atoms with E-state index in [4.69, 9.17) is 10.8 Å². The molecule has 0 aromatic carbocycles. The second kappa shape index (κ2) is 6.17. The molecule has 0 fully saturated rings. The first-order chi connectivity index (χ1) is 8.85. The summed E-state index contributed by atoms with van der Waals surface area (Å²) in [4.78, 5) is 28.2. The Hall–Kier alpha value is -2.11. The summed E-state index contributed by atoms with van der Waals surface area (Å²) < 4.78 is 0. The van der Waals surface area contributed by atoms with E-state index in [0.29, 0.717) is 17.9 Å². The SMILES string of the molecule is CCc1cc(C(=O)O)cc(N(CC(N)=O)C(C)C)n1. The van der Waals surface area contributed by atoms with Crippen LogP contribution in [-0.2, 0) is 11.2 Å². The smallest absolute Gasteiger partial charge is 0.335 e. The fourth-order valence-corrected chi connectivity index (χ4v) is 1.72. The summed E-state index contributed by atoms with van der Waals surface area (Å²) in [7, 11) is 0. The zero-order valence-electron chi connectivity index (χ0n) is 11.4.